The molecule has 0 bridgehead atoms. The fourth-order valence-electron chi connectivity index (χ4n) is 5.41. The van der Waals surface area contributed by atoms with Crippen LogP contribution in [0.15, 0.2) is 79.0 Å². The Morgan fingerprint density at radius 1 is 1.11 bits per heavy atom. The number of carbonyl (C=O) groups excluding carboxylic acids is 1. The second-order valence-electron chi connectivity index (χ2n) is 7.75. The molecule has 1 amide bonds. The number of rotatable bonds is 4. The smallest absolute Gasteiger partial charge is 0.228 e. The number of carbonyl (C=O) groups is 1. The van der Waals surface area contributed by atoms with Crippen molar-refractivity contribution in [2.45, 2.75) is 37.3 Å². The maximum Gasteiger partial charge on any atom is 0.228 e. The van der Waals surface area contributed by atoms with Crippen molar-refractivity contribution in [3.05, 3.63) is 90.2 Å². The van der Waals surface area contributed by atoms with E-state index in [1.54, 1.807) is 0 Å². The number of benzene rings is 2. The van der Waals surface area contributed by atoms with Gasteiger partial charge in [0.15, 0.2) is 0 Å². The number of amides is 1. The molecule has 5 rings (SSSR count). The Labute approximate surface area is 160 Å². The molecule has 1 saturated heterocycles. The van der Waals surface area contributed by atoms with E-state index in [0.717, 1.165) is 19.4 Å². The molecule has 0 saturated carbocycles. The molecule has 2 atom stereocenters. The highest BCUT2D eigenvalue weighted by atomic mass is 16.2. The van der Waals surface area contributed by atoms with Gasteiger partial charge in [0.2, 0.25) is 5.91 Å². The highest BCUT2D eigenvalue weighted by Crippen LogP contribution is 2.58. The summed E-state index contributed by atoms with van der Waals surface area (Å²) in [5.41, 5.74) is 4.91. The zero-order valence-corrected chi connectivity index (χ0v) is 15.5. The van der Waals surface area contributed by atoms with E-state index in [1.807, 2.05) is 11.0 Å². The molecule has 0 radical (unpaired) electrons. The van der Waals surface area contributed by atoms with Gasteiger partial charge < -0.3 is 9.80 Å². The van der Waals surface area contributed by atoms with Crippen LogP contribution >= 0.6 is 0 Å². The Balaban J connectivity index is 1.64. The van der Waals surface area contributed by atoms with E-state index in [1.165, 1.54) is 22.5 Å². The number of hydrogen-bond donors (Lipinski definition) is 0. The van der Waals surface area contributed by atoms with E-state index < -0.39 is 0 Å². The lowest BCUT2D eigenvalue weighted by molar-refractivity contribution is -0.126. The average Bonchev–Trinajstić information content (AvgIpc) is 3.14. The monoisotopic (exact) mass is 356 g/mol. The molecule has 3 heteroatoms. The van der Waals surface area contributed by atoms with Gasteiger partial charge in [-0.3, -0.25) is 4.79 Å². The van der Waals surface area contributed by atoms with Crippen LogP contribution in [0.3, 0.4) is 0 Å². The summed E-state index contributed by atoms with van der Waals surface area (Å²) < 4.78 is 0. The Hall–Kier alpha value is -2.81. The summed E-state index contributed by atoms with van der Waals surface area (Å²) in [5, 5.41) is 0. The molecule has 2 aromatic carbocycles. The summed E-state index contributed by atoms with van der Waals surface area (Å²) in [4.78, 5) is 17.5. The van der Waals surface area contributed by atoms with Crippen molar-refractivity contribution in [2.24, 2.45) is 0 Å². The summed E-state index contributed by atoms with van der Waals surface area (Å²) in [7, 11) is 0. The van der Waals surface area contributed by atoms with E-state index in [-0.39, 0.29) is 11.3 Å². The highest BCUT2D eigenvalue weighted by Gasteiger charge is 2.60. The molecule has 2 heterocycles. The van der Waals surface area contributed by atoms with Gasteiger partial charge >= 0.3 is 0 Å². The zero-order valence-electron chi connectivity index (χ0n) is 15.5. The summed E-state index contributed by atoms with van der Waals surface area (Å²) in [6, 6.07) is 19.7. The minimum absolute atomic E-state index is 0.205. The van der Waals surface area contributed by atoms with E-state index in [4.69, 9.17) is 0 Å². The molecule has 27 heavy (non-hydrogen) atoms. The molecule has 2 aliphatic heterocycles. The largest absolute Gasteiger partial charge is 0.363 e. The first-order valence-electron chi connectivity index (χ1n) is 9.77. The molecule has 3 aliphatic rings. The lowest BCUT2D eigenvalue weighted by Gasteiger charge is -2.40. The highest BCUT2D eigenvalue weighted by molar-refractivity contribution is 5.88. The van der Waals surface area contributed by atoms with Crippen LogP contribution in [0.2, 0.25) is 0 Å². The SMILES string of the molecule is C=CCN1C(=O)C[C@]23C1=CCC[C@H]2N(Cc1ccccc1)c1ccccc13. The summed E-state index contributed by atoms with van der Waals surface area (Å²) in [5.74, 6) is 0.226. The maximum atomic E-state index is 13.0. The minimum atomic E-state index is -0.205. The normalized spacial score (nSPS) is 25.7. The molecule has 1 fully saturated rings. The van der Waals surface area contributed by atoms with Gasteiger partial charge in [-0.1, -0.05) is 60.7 Å². The lowest BCUT2D eigenvalue weighted by atomic mass is 9.69. The topological polar surface area (TPSA) is 23.6 Å². The van der Waals surface area contributed by atoms with Crippen LogP contribution in [0, 0.1) is 0 Å². The van der Waals surface area contributed by atoms with Gasteiger partial charge in [-0.15, -0.1) is 6.58 Å². The minimum Gasteiger partial charge on any atom is -0.363 e. The molecule has 1 aliphatic carbocycles. The fraction of sp³-hybridized carbons (Fsp3) is 0.292. The van der Waals surface area contributed by atoms with Crippen LogP contribution in [-0.4, -0.2) is 23.4 Å². The van der Waals surface area contributed by atoms with Crippen molar-refractivity contribution >= 4 is 11.6 Å². The average molecular weight is 356 g/mol. The van der Waals surface area contributed by atoms with Crippen LogP contribution < -0.4 is 4.90 Å². The van der Waals surface area contributed by atoms with Gasteiger partial charge in [-0.2, -0.15) is 0 Å². The van der Waals surface area contributed by atoms with Gasteiger partial charge in [0.05, 0.1) is 5.41 Å². The van der Waals surface area contributed by atoms with Gasteiger partial charge in [-0.05, 0) is 30.0 Å². The van der Waals surface area contributed by atoms with Crippen LogP contribution in [0.5, 0.6) is 0 Å². The van der Waals surface area contributed by atoms with E-state index >= 15 is 0 Å². The first-order chi connectivity index (χ1) is 13.3. The zero-order chi connectivity index (χ0) is 18.4. The van der Waals surface area contributed by atoms with Crippen molar-refractivity contribution in [3.8, 4) is 0 Å². The van der Waals surface area contributed by atoms with Gasteiger partial charge in [-0.25, -0.2) is 0 Å². The van der Waals surface area contributed by atoms with E-state index in [0.29, 0.717) is 19.0 Å². The molecular weight excluding hydrogens is 332 g/mol. The third-order valence-electron chi connectivity index (χ3n) is 6.40. The summed E-state index contributed by atoms with van der Waals surface area (Å²) in [6.07, 6.45) is 6.81. The van der Waals surface area contributed by atoms with Crippen molar-refractivity contribution in [1.29, 1.82) is 0 Å². The van der Waals surface area contributed by atoms with Crippen LogP contribution in [0.1, 0.15) is 30.4 Å². The van der Waals surface area contributed by atoms with Crippen LogP contribution in [0.4, 0.5) is 5.69 Å². The Kier molecular flexibility index (Phi) is 3.71. The summed E-state index contributed by atoms with van der Waals surface area (Å²) in [6.45, 7) is 5.34. The van der Waals surface area contributed by atoms with Gasteiger partial charge in [0, 0.05) is 36.9 Å². The third-order valence-corrected chi connectivity index (χ3v) is 6.40. The van der Waals surface area contributed by atoms with Crippen molar-refractivity contribution in [2.75, 3.05) is 11.4 Å². The van der Waals surface area contributed by atoms with E-state index in [2.05, 4.69) is 72.2 Å². The third kappa shape index (κ3) is 2.24. The molecule has 136 valence electrons. The Morgan fingerprint density at radius 2 is 1.89 bits per heavy atom. The number of likely N-dealkylation sites (tertiary alicyclic amines) is 1. The Bertz CT molecular complexity index is 932. The molecular formula is C24H24N2O. The van der Waals surface area contributed by atoms with Gasteiger partial charge in [0.25, 0.3) is 0 Å². The van der Waals surface area contributed by atoms with E-state index in [9.17, 15) is 4.79 Å². The predicted octanol–water partition coefficient (Wildman–Crippen LogP) is 4.41. The number of fused-ring (bicyclic) bond motifs is 1. The molecule has 0 aromatic heterocycles. The van der Waals surface area contributed by atoms with Crippen LogP contribution in [0.25, 0.3) is 0 Å². The molecule has 0 unspecified atom stereocenters. The number of hydrogen-bond acceptors (Lipinski definition) is 2. The van der Waals surface area contributed by atoms with Crippen molar-refractivity contribution < 1.29 is 4.79 Å². The molecule has 3 nitrogen and oxygen atoms in total. The maximum absolute atomic E-state index is 13.0. The first kappa shape index (κ1) is 16.4. The second-order valence-corrected chi connectivity index (χ2v) is 7.75. The second kappa shape index (κ2) is 6.12. The predicted molar refractivity (Wildman–Crippen MR) is 108 cm³/mol. The summed E-state index contributed by atoms with van der Waals surface area (Å²) >= 11 is 0. The number of allylic oxidation sites excluding steroid dienone is 1. The fourth-order valence-corrected chi connectivity index (χ4v) is 5.41. The molecule has 0 N–H and O–H groups in total. The number of para-hydroxylation sites is 1. The Morgan fingerprint density at radius 3 is 2.70 bits per heavy atom. The molecule has 2 aromatic rings. The lowest BCUT2D eigenvalue weighted by Crippen LogP contribution is -2.47. The number of anilines is 1. The van der Waals surface area contributed by atoms with Crippen LogP contribution in [-0.2, 0) is 16.8 Å². The molecule has 1 spiro atoms. The van der Waals surface area contributed by atoms with Gasteiger partial charge in [0.1, 0.15) is 0 Å². The standard InChI is InChI=1S/C24H24N2O/c1-2-15-25-21-13-8-14-22-24(21,16-23(25)27)19-11-6-7-12-20(19)26(22)17-18-9-4-3-5-10-18/h2-7,9-13,22H,1,8,14-17H2/t22-,24+/m1/s1. The van der Waals surface area contributed by atoms with Crippen molar-refractivity contribution in [1.82, 2.24) is 4.90 Å². The number of nitrogens with zero attached hydrogens (tertiary/aromatic N) is 2. The van der Waals surface area contributed by atoms with Crippen molar-refractivity contribution in [3.63, 3.8) is 0 Å². The quantitative estimate of drug-likeness (QED) is 0.758. The first-order valence-corrected chi connectivity index (χ1v) is 9.77.